The first-order chi connectivity index (χ1) is 10.1. The minimum Gasteiger partial charge on any atom is -0.368 e. The molecule has 7 heteroatoms. The molecule has 112 valence electrons. The second kappa shape index (κ2) is 5.69. The summed E-state index contributed by atoms with van der Waals surface area (Å²) in [6, 6.07) is 0. The lowest BCUT2D eigenvalue weighted by molar-refractivity contribution is 0.708. The van der Waals surface area contributed by atoms with Crippen LogP contribution in [-0.2, 0) is 19.4 Å². The molecular weight excluding hydrogens is 266 g/mol. The molecule has 0 aliphatic carbocycles. The van der Waals surface area contributed by atoms with Gasteiger partial charge in [0.25, 0.3) is 0 Å². The molecule has 0 fully saturated rings. The van der Waals surface area contributed by atoms with Gasteiger partial charge in [-0.05, 0) is 19.9 Å². The van der Waals surface area contributed by atoms with Crippen LogP contribution in [0.25, 0.3) is 0 Å². The molecule has 0 spiro atoms. The first-order valence-electron chi connectivity index (χ1n) is 7.21. The smallest absolute Gasteiger partial charge is 0.222 e. The lowest BCUT2D eigenvalue weighted by Crippen LogP contribution is -2.22. The number of anilines is 2. The molecule has 0 saturated carbocycles. The number of imidazole rings is 1. The van der Waals surface area contributed by atoms with E-state index in [2.05, 4.69) is 30.2 Å². The molecule has 21 heavy (non-hydrogen) atoms. The van der Waals surface area contributed by atoms with Gasteiger partial charge in [0.15, 0.2) is 0 Å². The summed E-state index contributed by atoms with van der Waals surface area (Å²) in [7, 11) is 2.01. The average molecular weight is 287 g/mol. The molecule has 2 aromatic heterocycles. The van der Waals surface area contributed by atoms with Crippen molar-refractivity contribution in [3.63, 3.8) is 0 Å². The van der Waals surface area contributed by atoms with Crippen molar-refractivity contribution in [3.05, 3.63) is 29.0 Å². The fourth-order valence-corrected chi connectivity index (χ4v) is 2.71. The van der Waals surface area contributed by atoms with Crippen molar-refractivity contribution >= 4 is 11.8 Å². The van der Waals surface area contributed by atoms with Crippen molar-refractivity contribution in [1.29, 1.82) is 0 Å². The van der Waals surface area contributed by atoms with Crippen LogP contribution in [0.15, 0.2) is 6.20 Å². The van der Waals surface area contributed by atoms with Gasteiger partial charge >= 0.3 is 0 Å². The van der Waals surface area contributed by atoms with Crippen LogP contribution in [-0.4, -0.2) is 40.1 Å². The highest BCUT2D eigenvalue weighted by Gasteiger charge is 2.19. The van der Waals surface area contributed by atoms with Gasteiger partial charge in [0, 0.05) is 37.5 Å². The van der Waals surface area contributed by atoms with E-state index in [-0.39, 0.29) is 0 Å². The van der Waals surface area contributed by atoms with Gasteiger partial charge < -0.3 is 20.9 Å². The molecule has 0 saturated heterocycles. The molecule has 7 nitrogen and oxygen atoms in total. The normalized spacial score (nSPS) is 14.6. The van der Waals surface area contributed by atoms with Crippen molar-refractivity contribution in [3.8, 4) is 0 Å². The summed E-state index contributed by atoms with van der Waals surface area (Å²) < 4.78 is 0. The van der Waals surface area contributed by atoms with Gasteiger partial charge in [-0.3, -0.25) is 0 Å². The van der Waals surface area contributed by atoms with E-state index >= 15 is 0 Å². The predicted octanol–water partition coefficient (Wildman–Crippen LogP) is 0.415. The van der Waals surface area contributed by atoms with Gasteiger partial charge in [-0.25, -0.2) is 9.97 Å². The zero-order valence-electron chi connectivity index (χ0n) is 12.5. The van der Waals surface area contributed by atoms with E-state index in [9.17, 15) is 0 Å². The summed E-state index contributed by atoms with van der Waals surface area (Å²) >= 11 is 0. The third-order valence-electron chi connectivity index (χ3n) is 3.68. The molecule has 4 N–H and O–H groups in total. The topological polar surface area (TPSA) is 95.8 Å². The van der Waals surface area contributed by atoms with E-state index in [0.717, 1.165) is 49.0 Å². The first kappa shape index (κ1) is 13.8. The number of nitrogen functional groups attached to an aromatic ring is 1. The molecule has 0 radical (unpaired) electrons. The Labute approximate surface area is 124 Å². The maximum atomic E-state index is 5.88. The fraction of sp³-hybridized carbons (Fsp3) is 0.500. The Kier molecular flexibility index (Phi) is 3.74. The summed E-state index contributed by atoms with van der Waals surface area (Å²) in [4.78, 5) is 18.5. The molecule has 2 aromatic rings. The van der Waals surface area contributed by atoms with E-state index in [1.807, 2.05) is 20.2 Å². The zero-order valence-corrected chi connectivity index (χ0v) is 12.5. The number of nitrogens with one attached hydrogen (secondary N) is 2. The Morgan fingerprint density at radius 3 is 2.86 bits per heavy atom. The quantitative estimate of drug-likeness (QED) is 0.757. The number of hydrogen-bond acceptors (Lipinski definition) is 6. The Morgan fingerprint density at radius 1 is 1.29 bits per heavy atom. The number of hydrogen-bond donors (Lipinski definition) is 3. The second-order valence-corrected chi connectivity index (χ2v) is 5.45. The van der Waals surface area contributed by atoms with Crippen molar-refractivity contribution in [2.24, 2.45) is 0 Å². The van der Waals surface area contributed by atoms with Crippen molar-refractivity contribution < 1.29 is 0 Å². The van der Waals surface area contributed by atoms with E-state index < -0.39 is 0 Å². The molecule has 3 heterocycles. The molecule has 0 aromatic carbocycles. The number of aryl methyl sites for hydroxylation is 1. The Morgan fingerprint density at radius 2 is 2.10 bits per heavy atom. The van der Waals surface area contributed by atoms with Crippen LogP contribution < -0.4 is 16.0 Å². The summed E-state index contributed by atoms with van der Waals surface area (Å²) in [5, 5.41) is 3.39. The number of nitrogens with two attached hydrogens (primary N) is 1. The van der Waals surface area contributed by atoms with E-state index in [1.54, 1.807) is 0 Å². The Balaban J connectivity index is 1.91. The molecule has 0 unspecified atom stereocenters. The van der Waals surface area contributed by atoms with Gasteiger partial charge in [0.2, 0.25) is 5.95 Å². The molecule has 3 rings (SSSR count). The van der Waals surface area contributed by atoms with Crippen LogP contribution >= 0.6 is 0 Å². The standard InChI is InChI=1S/C14H21N7/c1-9-7-17-12(18-9)8-21(2)13-10-3-5-16-6-4-11(10)19-14(15)20-13/h7,16H,3-6,8H2,1-2H3,(H,17,18)(H2,15,19,20). The van der Waals surface area contributed by atoms with Crippen molar-refractivity contribution in [2.75, 3.05) is 30.8 Å². The van der Waals surface area contributed by atoms with Crippen molar-refractivity contribution in [2.45, 2.75) is 26.3 Å². The minimum atomic E-state index is 0.341. The lowest BCUT2D eigenvalue weighted by Gasteiger charge is -2.21. The largest absolute Gasteiger partial charge is 0.368 e. The van der Waals surface area contributed by atoms with Crippen LogP contribution in [0.2, 0.25) is 0 Å². The van der Waals surface area contributed by atoms with Crippen LogP contribution in [0.5, 0.6) is 0 Å². The Hall–Kier alpha value is -2.15. The number of aromatic nitrogens is 4. The number of nitrogens with zero attached hydrogens (tertiary/aromatic N) is 4. The van der Waals surface area contributed by atoms with Gasteiger partial charge in [-0.2, -0.15) is 4.98 Å². The van der Waals surface area contributed by atoms with Crippen LogP contribution in [0, 0.1) is 6.92 Å². The highest BCUT2D eigenvalue weighted by atomic mass is 15.2. The maximum absolute atomic E-state index is 5.88. The van der Waals surface area contributed by atoms with E-state index in [4.69, 9.17) is 5.73 Å². The monoisotopic (exact) mass is 287 g/mol. The fourth-order valence-electron chi connectivity index (χ4n) is 2.71. The third-order valence-corrected chi connectivity index (χ3v) is 3.68. The SMILES string of the molecule is Cc1cnc(CN(C)c2nc(N)nc3c2CCNCC3)[nH]1. The molecule has 1 aliphatic heterocycles. The zero-order chi connectivity index (χ0) is 14.8. The number of aromatic amines is 1. The summed E-state index contributed by atoms with van der Waals surface area (Å²) in [6.45, 7) is 4.55. The maximum Gasteiger partial charge on any atom is 0.222 e. The summed E-state index contributed by atoms with van der Waals surface area (Å²) in [6.07, 6.45) is 3.65. The van der Waals surface area contributed by atoms with Crippen molar-refractivity contribution in [1.82, 2.24) is 25.3 Å². The van der Waals surface area contributed by atoms with Crippen LogP contribution in [0.1, 0.15) is 22.8 Å². The molecule has 1 aliphatic rings. The summed E-state index contributed by atoms with van der Waals surface area (Å²) in [5.74, 6) is 2.18. The van der Waals surface area contributed by atoms with Gasteiger partial charge in [0.1, 0.15) is 11.6 Å². The number of fused-ring (bicyclic) bond motifs is 1. The number of H-pyrrole nitrogens is 1. The van der Waals surface area contributed by atoms with Gasteiger partial charge in [-0.15, -0.1) is 0 Å². The molecule has 0 amide bonds. The lowest BCUT2D eigenvalue weighted by atomic mass is 10.1. The van der Waals surface area contributed by atoms with Gasteiger partial charge in [0.05, 0.1) is 12.2 Å². The highest BCUT2D eigenvalue weighted by molar-refractivity contribution is 5.52. The Bertz CT molecular complexity index is 634. The van der Waals surface area contributed by atoms with E-state index in [0.29, 0.717) is 12.5 Å². The first-order valence-corrected chi connectivity index (χ1v) is 7.21. The van der Waals surface area contributed by atoms with Crippen LogP contribution in [0.4, 0.5) is 11.8 Å². The molecule has 0 atom stereocenters. The minimum absolute atomic E-state index is 0.341. The molecule has 0 bridgehead atoms. The second-order valence-electron chi connectivity index (χ2n) is 5.45. The predicted molar refractivity (Wildman–Crippen MR) is 82.2 cm³/mol. The van der Waals surface area contributed by atoms with Crippen LogP contribution in [0.3, 0.4) is 0 Å². The summed E-state index contributed by atoms with van der Waals surface area (Å²) in [5.41, 5.74) is 9.19. The highest BCUT2D eigenvalue weighted by Crippen LogP contribution is 2.24. The third kappa shape index (κ3) is 2.97. The average Bonchev–Trinajstić information content (AvgIpc) is 2.71. The molecular formula is C14H21N7. The van der Waals surface area contributed by atoms with E-state index in [1.165, 1.54) is 5.56 Å². The number of rotatable bonds is 3. The van der Waals surface area contributed by atoms with Gasteiger partial charge in [-0.1, -0.05) is 0 Å².